The minimum Gasteiger partial charge on any atom is -0.467 e. The zero-order valence-corrected chi connectivity index (χ0v) is 15.5. The normalized spacial score (nSPS) is 24.3. The van der Waals surface area contributed by atoms with Crippen molar-refractivity contribution in [3.63, 3.8) is 0 Å². The van der Waals surface area contributed by atoms with E-state index < -0.39 is 5.54 Å². The maximum Gasteiger partial charge on any atom is 0.316 e. The summed E-state index contributed by atoms with van der Waals surface area (Å²) < 4.78 is 19.5. The number of nitrogens with one attached hydrogen (secondary N) is 1. The second kappa shape index (κ2) is 7.18. The van der Waals surface area contributed by atoms with Gasteiger partial charge in [-0.25, -0.2) is 14.4 Å². The van der Waals surface area contributed by atoms with Crippen LogP contribution in [0.15, 0.2) is 36.7 Å². The topological polar surface area (TPSA) is 84.4 Å². The number of halogens is 1. The van der Waals surface area contributed by atoms with Gasteiger partial charge in [0.2, 0.25) is 5.91 Å². The fourth-order valence-electron chi connectivity index (χ4n) is 4.28. The first-order chi connectivity index (χ1) is 13.5. The van der Waals surface area contributed by atoms with Crippen LogP contribution in [0.25, 0.3) is 0 Å². The molecule has 2 aliphatic heterocycles. The molecule has 28 heavy (non-hydrogen) atoms. The molecule has 2 fully saturated rings. The molecule has 1 aromatic carbocycles. The van der Waals surface area contributed by atoms with Crippen LogP contribution in [-0.4, -0.2) is 52.4 Å². The van der Waals surface area contributed by atoms with Crippen molar-refractivity contribution in [1.29, 1.82) is 0 Å². The number of rotatable bonds is 3. The molecule has 2 aliphatic rings. The summed E-state index contributed by atoms with van der Waals surface area (Å²) in [7, 11) is 1.45. The highest BCUT2D eigenvalue weighted by Gasteiger charge is 2.51. The number of benzene rings is 1. The van der Waals surface area contributed by atoms with Crippen LogP contribution < -0.4 is 10.1 Å². The summed E-state index contributed by atoms with van der Waals surface area (Å²) in [5.41, 5.74) is 0.179. The lowest BCUT2D eigenvalue weighted by Crippen LogP contribution is -2.56. The van der Waals surface area contributed by atoms with Gasteiger partial charge in [0.25, 0.3) is 5.91 Å². The number of methoxy groups -OCH3 is 1. The minimum atomic E-state index is -0.666. The molecule has 146 valence electrons. The highest BCUT2D eigenvalue weighted by molar-refractivity contribution is 5.94. The number of aromatic nitrogens is 2. The van der Waals surface area contributed by atoms with E-state index in [0.717, 1.165) is 0 Å². The number of piperidine rings is 1. The number of carbonyl (C=O) groups excluding carboxylic acids is 2. The quantitative estimate of drug-likeness (QED) is 0.874. The van der Waals surface area contributed by atoms with Crippen molar-refractivity contribution in [3.8, 4) is 6.01 Å². The van der Waals surface area contributed by atoms with E-state index in [2.05, 4.69) is 15.3 Å². The molecule has 0 radical (unpaired) electrons. The predicted octanol–water partition coefficient (Wildman–Crippen LogP) is 1.90. The molecule has 7 nitrogen and oxygen atoms in total. The van der Waals surface area contributed by atoms with E-state index in [-0.39, 0.29) is 29.6 Å². The molecule has 2 aromatic rings. The Morgan fingerprint density at radius 2 is 2.07 bits per heavy atom. The lowest BCUT2D eigenvalue weighted by Gasteiger charge is -2.39. The van der Waals surface area contributed by atoms with E-state index in [9.17, 15) is 14.0 Å². The van der Waals surface area contributed by atoms with Crippen molar-refractivity contribution in [2.45, 2.75) is 30.7 Å². The maximum atomic E-state index is 14.6. The Morgan fingerprint density at radius 1 is 1.32 bits per heavy atom. The number of amides is 2. The molecule has 1 N–H and O–H groups in total. The third-order valence-corrected chi connectivity index (χ3v) is 5.58. The average molecular weight is 384 g/mol. The van der Waals surface area contributed by atoms with Crippen molar-refractivity contribution in [3.05, 3.63) is 53.6 Å². The standard InChI is InChI=1S/C20H21FN4O3/c1-28-19-22-9-13(10-23-19)18(27)25-11-15(14-5-2-3-6-16(14)21)20(12-25)8-4-7-17(26)24-20/h2-3,5-6,9-10,15H,4,7-8,11-12H2,1H3,(H,24,26)/t15-,20+/m0/s1. The van der Waals surface area contributed by atoms with Crippen molar-refractivity contribution in [2.24, 2.45) is 0 Å². The van der Waals surface area contributed by atoms with E-state index in [1.165, 1.54) is 25.6 Å². The average Bonchev–Trinajstić information content (AvgIpc) is 3.06. The second-order valence-corrected chi connectivity index (χ2v) is 7.28. The van der Waals surface area contributed by atoms with Crippen LogP contribution in [-0.2, 0) is 4.79 Å². The van der Waals surface area contributed by atoms with E-state index in [1.807, 2.05) is 0 Å². The zero-order chi connectivity index (χ0) is 19.7. The Balaban J connectivity index is 1.66. The van der Waals surface area contributed by atoms with Gasteiger partial charge >= 0.3 is 6.01 Å². The van der Waals surface area contributed by atoms with Crippen molar-refractivity contribution >= 4 is 11.8 Å². The van der Waals surface area contributed by atoms with Crippen LogP contribution in [0.3, 0.4) is 0 Å². The molecule has 8 heteroatoms. The molecule has 0 bridgehead atoms. The van der Waals surface area contributed by atoms with Crippen LogP contribution in [0.2, 0.25) is 0 Å². The van der Waals surface area contributed by atoms with Crippen molar-refractivity contribution in [2.75, 3.05) is 20.2 Å². The zero-order valence-electron chi connectivity index (χ0n) is 15.5. The highest BCUT2D eigenvalue weighted by atomic mass is 19.1. The number of nitrogens with zero attached hydrogens (tertiary/aromatic N) is 3. The van der Waals surface area contributed by atoms with Gasteiger partial charge in [0, 0.05) is 37.8 Å². The van der Waals surface area contributed by atoms with Crippen LogP contribution in [0.1, 0.15) is 41.1 Å². The summed E-state index contributed by atoms with van der Waals surface area (Å²) in [6.07, 6.45) is 4.69. The summed E-state index contributed by atoms with van der Waals surface area (Å²) in [5, 5.41) is 3.07. The summed E-state index contributed by atoms with van der Waals surface area (Å²) in [4.78, 5) is 34.8. The lowest BCUT2D eigenvalue weighted by atomic mass is 9.76. The molecule has 4 rings (SSSR count). The SMILES string of the molecule is COc1ncc(C(=O)N2C[C@@H](c3ccccc3F)[C@@]3(CCCC(=O)N3)C2)cn1. The van der Waals surface area contributed by atoms with Gasteiger partial charge in [-0.2, -0.15) is 0 Å². The minimum absolute atomic E-state index is 0.0605. The molecule has 0 unspecified atom stereocenters. The van der Waals surface area contributed by atoms with Gasteiger partial charge in [-0.15, -0.1) is 0 Å². The van der Waals surface area contributed by atoms with E-state index in [4.69, 9.17) is 4.74 Å². The van der Waals surface area contributed by atoms with E-state index in [1.54, 1.807) is 23.1 Å². The molecule has 1 aromatic heterocycles. The molecule has 2 amide bonds. The first-order valence-electron chi connectivity index (χ1n) is 9.23. The monoisotopic (exact) mass is 384 g/mol. The van der Waals surface area contributed by atoms with Gasteiger partial charge in [-0.05, 0) is 24.5 Å². The molecule has 0 aliphatic carbocycles. The number of hydrogen-bond acceptors (Lipinski definition) is 5. The molecule has 2 saturated heterocycles. The Morgan fingerprint density at radius 3 is 2.75 bits per heavy atom. The van der Waals surface area contributed by atoms with E-state index in [0.29, 0.717) is 43.5 Å². The van der Waals surface area contributed by atoms with Crippen LogP contribution >= 0.6 is 0 Å². The first-order valence-corrected chi connectivity index (χ1v) is 9.23. The Hall–Kier alpha value is -3.03. The van der Waals surface area contributed by atoms with Gasteiger partial charge in [0.1, 0.15) is 5.82 Å². The molecular formula is C20H21FN4O3. The fraction of sp³-hybridized carbons (Fsp3) is 0.400. The third-order valence-electron chi connectivity index (χ3n) is 5.58. The number of hydrogen-bond donors (Lipinski definition) is 1. The number of likely N-dealkylation sites (tertiary alicyclic amines) is 1. The number of ether oxygens (including phenoxy) is 1. The molecular weight excluding hydrogens is 363 g/mol. The van der Waals surface area contributed by atoms with Crippen LogP contribution in [0.5, 0.6) is 6.01 Å². The largest absolute Gasteiger partial charge is 0.467 e. The van der Waals surface area contributed by atoms with Gasteiger partial charge in [0.15, 0.2) is 0 Å². The first kappa shape index (κ1) is 18.3. The maximum absolute atomic E-state index is 14.6. The summed E-state index contributed by atoms with van der Waals surface area (Å²) in [6.45, 7) is 0.634. The van der Waals surface area contributed by atoms with Crippen LogP contribution in [0, 0.1) is 5.82 Å². The molecule has 3 heterocycles. The van der Waals surface area contributed by atoms with Crippen molar-refractivity contribution < 1.29 is 18.7 Å². The lowest BCUT2D eigenvalue weighted by molar-refractivity contribution is -0.125. The Labute approximate surface area is 161 Å². The van der Waals surface area contributed by atoms with Gasteiger partial charge < -0.3 is 15.0 Å². The fourth-order valence-corrected chi connectivity index (χ4v) is 4.28. The highest BCUT2D eigenvalue weighted by Crippen LogP contribution is 2.42. The van der Waals surface area contributed by atoms with E-state index >= 15 is 0 Å². The summed E-state index contributed by atoms with van der Waals surface area (Å²) in [5.74, 6) is -0.954. The van der Waals surface area contributed by atoms with Gasteiger partial charge in [0.05, 0.1) is 18.2 Å². The summed E-state index contributed by atoms with van der Waals surface area (Å²) in [6, 6.07) is 6.73. The Kier molecular flexibility index (Phi) is 4.70. The van der Waals surface area contributed by atoms with Gasteiger partial charge in [-0.1, -0.05) is 18.2 Å². The number of carbonyl (C=O) groups is 2. The smallest absolute Gasteiger partial charge is 0.316 e. The van der Waals surface area contributed by atoms with Crippen molar-refractivity contribution in [1.82, 2.24) is 20.2 Å². The van der Waals surface area contributed by atoms with Crippen LogP contribution in [0.4, 0.5) is 4.39 Å². The second-order valence-electron chi connectivity index (χ2n) is 7.28. The molecule has 1 spiro atoms. The molecule has 2 atom stereocenters. The predicted molar refractivity (Wildman–Crippen MR) is 98.4 cm³/mol. The summed E-state index contributed by atoms with van der Waals surface area (Å²) >= 11 is 0. The molecule has 0 saturated carbocycles. The Bertz CT molecular complexity index is 905. The third kappa shape index (κ3) is 3.19. The van der Waals surface area contributed by atoms with Gasteiger partial charge in [-0.3, -0.25) is 9.59 Å².